The molecule has 19 heavy (non-hydrogen) atoms. The molecular formula is C7H14O10P2. The molecule has 0 aromatic carbocycles. The number of hydrogen-bond donors (Lipinski definition) is 6. The quantitative estimate of drug-likeness (QED) is 0.325. The lowest BCUT2D eigenvalue weighted by Gasteiger charge is -2.33. The SMILES string of the molecule is O=C(O)CCC(CCC(=O)O)(P(=O)(O)O)P(=O)(O)O. The maximum Gasteiger partial charge on any atom is 0.343 e. The average Bonchev–Trinajstić information content (AvgIpc) is 2.12. The lowest BCUT2D eigenvalue weighted by molar-refractivity contribution is -0.137. The van der Waals surface area contributed by atoms with Gasteiger partial charge in [-0.3, -0.25) is 18.7 Å². The van der Waals surface area contributed by atoms with Crippen LogP contribution in [0.15, 0.2) is 0 Å². The minimum atomic E-state index is -5.43. The Kier molecular flexibility index (Phi) is 5.88. The molecule has 0 fully saturated rings. The molecule has 0 bridgehead atoms. The van der Waals surface area contributed by atoms with Crippen molar-refractivity contribution < 1.29 is 48.5 Å². The molecule has 0 aliphatic heterocycles. The van der Waals surface area contributed by atoms with Crippen LogP contribution in [0.2, 0.25) is 0 Å². The maximum atomic E-state index is 11.3. The third kappa shape index (κ3) is 4.68. The van der Waals surface area contributed by atoms with Crippen molar-refractivity contribution >= 4 is 27.1 Å². The summed E-state index contributed by atoms with van der Waals surface area (Å²) in [5.74, 6) is -3.02. The summed E-state index contributed by atoms with van der Waals surface area (Å²) >= 11 is 0. The summed E-state index contributed by atoms with van der Waals surface area (Å²) in [6, 6.07) is 0. The van der Waals surface area contributed by atoms with E-state index in [1.165, 1.54) is 0 Å². The Morgan fingerprint density at radius 2 is 1.05 bits per heavy atom. The van der Waals surface area contributed by atoms with Gasteiger partial charge in [-0.05, 0) is 12.8 Å². The molecule has 0 amide bonds. The van der Waals surface area contributed by atoms with E-state index < -0.39 is 57.7 Å². The summed E-state index contributed by atoms with van der Waals surface area (Å²) in [5, 5.41) is 16.9. The smallest absolute Gasteiger partial charge is 0.343 e. The number of carboxylic acid groups (broad SMARTS) is 2. The zero-order valence-corrected chi connectivity index (χ0v) is 11.3. The highest BCUT2D eigenvalue weighted by Crippen LogP contribution is 2.72. The van der Waals surface area contributed by atoms with E-state index in [9.17, 15) is 18.7 Å². The van der Waals surface area contributed by atoms with Crippen molar-refractivity contribution in [3.05, 3.63) is 0 Å². The highest BCUT2D eigenvalue weighted by atomic mass is 31.2. The van der Waals surface area contributed by atoms with Crippen LogP contribution in [0.1, 0.15) is 25.7 Å². The van der Waals surface area contributed by atoms with Crippen molar-refractivity contribution in [3.63, 3.8) is 0 Å². The van der Waals surface area contributed by atoms with Crippen molar-refractivity contribution in [2.24, 2.45) is 0 Å². The van der Waals surface area contributed by atoms with Crippen molar-refractivity contribution in [2.45, 2.75) is 30.6 Å². The third-order valence-electron chi connectivity index (χ3n) is 2.56. The number of carbonyl (C=O) groups is 2. The summed E-state index contributed by atoms with van der Waals surface area (Å²) in [7, 11) is -10.9. The molecule has 0 radical (unpaired) electrons. The van der Waals surface area contributed by atoms with Gasteiger partial charge >= 0.3 is 27.1 Å². The van der Waals surface area contributed by atoms with E-state index in [2.05, 4.69) is 0 Å². The standard InChI is InChI=1S/C7H14O10P2/c8-5(9)1-3-7(18(12,13)14,19(15,16)17)4-2-6(10)11/h1-4H2,(H,8,9)(H,10,11)(H2,12,13,14)(H2,15,16,17). The predicted octanol–water partition coefficient (Wildman–Crippen LogP) is -0.232. The van der Waals surface area contributed by atoms with E-state index in [1.54, 1.807) is 0 Å². The molecule has 0 aliphatic rings. The van der Waals surface area contributed by atoms with Gasteiger partial charge in [0.15, 0.2) is 4.90 Å². The molecule has 0 aromatic rings. The van der Waals surface area contributed by atoms with Gasteiger partial charge in [0.05, 0.1) is 0 Å². The second-order valence-electron chi connectivity index (χ2n) is 3.86. The molecule has 0 spiro atoms. The molecule has 0 saturated heterocycles. The molecule has 0 unspecified atom stereocenters. The summed E-state index contributed by atoms with van der Waals surface area (Å²) < 4.78 is 22.7. The highest BCUT2D eigenvalue weighted by Gasteiger charge is 2.59. The molecule has 0 aliphatic carbocycles. The van der Waals surface area contributed by atoms with Gasteiger partial charge in [-0.1, -0.05) is 0 Å². The fourth-order valence-electron chi connectivity index (χ4n) is 1.49. The first-order valence-corrected chi connectivity index (χ1v) is 8.11. The third-order valence-corrected chi connectivity index (χ3v) is 7.19. The number of carboxylic acids is 2. The molecule has 12 heteroatoms. The molecule has 0 rings (SSSR count). The van der Waals surface area contributed by atoms with Crippen LogP contribution < -0.4 is 0 Å². The fourth-order valence-corrected chi connectivity index (χ4v) is 4.46. The van der Waals surface area contributed by atoms with Crippen LogP contribution in [0.25, 0.3) is 0 Å². The van der Waals surface area contributed by atoms with Gasteiger partial charge in [0.2, 0.25) is 0 Å². The van der Waals surface area contributed by atoms with Gasteiger partial charge in [0.1, 0.15) is 0 Å². The summed E-state index contributed by atoms with van der Waals surface area (Å²) in [6.45, 7) is 0. The zero-order valence-electron chi connectivity index (χ0n) is 9.54. The lowest BCUT2D eigenvalue weighted by atomic mass is 10.1. The van der Waals surface area contributed by atoms with Crippen molar-refractivity contribution in [2.75, 3.05) is 0 Å². The topological polar surface area (TPSA) is 190 Å². The molecule has 10 nitrogen and oxygen atoms in total. The van der Waals surface area contributed by atoms with Crippen LogP contribution in [0.4, 0.5) is 0 Å². The van der Waals surface area contributed by atoms with E-state index >= 15 is 0 Å². The zero-order chi connectivity index (χ0) is 15.5. The van der Waals surface area contributed by atoms with Crippen molar-refractivity contribution in [1.29, 1.82) is 0 Å². The first kappa shape index (κ1) is 18.2. The summed E-state index contributed by atoms with van der Waals surface area (Å²) in [4.78, 5) is 54.3. The van der Waals surface area contributed by atoms with Gasteiger partial charge in [-0.2, -0.15) is 0 Å². The highest BCUT2D eigenvalue weighted by molar-refractivity contribution is 7.72. The van der Waals surface area contributed by atoms with Crippen LogP contribution in [-0.2, 0) is 18.7 Å². The van der Waals surface area contributed by atoms with E-state index in [-0.39, 0.29) is 0 Å². The molecule has 0 aromatic heterocycles. The normalized spacial score (nSPS) is 13.3. The second kappa shape index (κ2) is 6.13. The van der Waals surface area contributed by atoms with Gasteiger partial charge < -0.3 is 29.8 Å². The summed E-state index contributed by atoms with van der Waals surface area (Å²) in [6.07, 6.45) is -3.86. The van der Waals surface area contributed by atoms with Gasteiger partial charge in [-0.15, -0.1) is 0 Å². The fraction of sp³-hybridized carbons (Fsp3) is 0.714. The average molecular weight is 320 g/mol. The number of hydrogen-bond acceptors (Lipinski definition) is 4. The van der Waals surface area contributed by atoms with Gasteiger partial charge in [0, 0.05) is 12.8 Å². The van der Waals surface area contributed by atoms with Crippen LogP contribution in [-0.4, -0.2) is 46.6 Å². The molecule has 6 N–H and O–H groups in total. The van der Waals surface area contributed by atoms with Crippen molar-refractivity contribution in [3.8, 4) is 0 Å². The van der Waals surface area contributed by atoms with E-state index in [0.717, 1.165) is 0 Å². The summed E-state index contributed by atoms with van der Waals surface area (Å²) in [5.41, 5.74) is 0. The van der Waals surface area contributed by atoms with Crippen LogP contribution in [0.3, 0.4) is 0 Å². The Hall–Kier alpha value is -0.760. The van der Waals surface area contributed by atoms with Crippen LogP contribution in [0.5, 0.6) is 0 Å². The first-order chi connectivity index (χ1) is 8.33. The molecule has 0 saturated carbocycles. The number of rotatable bonds is 8. The Bertz CT molecular complexity index is 403. The second-order valence-corrected chi connectivity index (χ2v) is 8.10. The Labute approximate surface area is 107 Å². The van der Waals surface area contributed by atoms with Crippen LogP contribution >= 0.6 is 15.2 Å². The minimum absolute atomic E-state index is 0.907. The van der Waals surface area contributed by atoms with Crippen LogP contribution in [0, 0.1) is 0 Å². The van der Waals surface area contributed by atoms with E-state index in [4.69, 9.17) is 29.8 Å². The number of aliphatic carboxylic acids is 2. The maximum absolute atomic E-state index is 11.3. The first-order valence-electron chi connectivity index (χ1n) is 4.88. The Morgan fingerprint density at radius 3 is 1.21 bits per heavy atom. The molecule has 112 valence electrons. The van der Waals surface area contributed by atoms with E-state index in [0.29, 0.717) is 0 Å². The Morgan fingerprint density at radius 1 is 0.789 bits per heavy atom. The van der Waals surface area contributed by atoms with Gasteiger partial charge in [-0.25, -0.2) is 0 Å². The molecule has 0 heterocycles. The van der Waals surface area contributed by atoms with Crippen molar-refractivity contribution in [1.82, 2.24) is 0 Å². The monoisotopic (exact) mass is 320 g/mol. The van der Waals surface area contributed by atoms with E-state index in [1.807, 2.05) is 0 Å². The molecular weight excluding hydrogens is 306 g/mol. The van der Waals surface area contributed by atoms with Gasteiger partial charge in [0.25, 0.3) is 0 Å². The lowest BCUT2D eigenvalue weighted by Crippen LogP contribution is -2.31. The largest absolute Gasteiger partial charge is 0.481 e. The Balaban J connectivity index is 5.61. The predicted molar refractivity (Wildman–Crippen MR) is 60.6 cm³/mol. The molecule has 0 atom stereocenters. The minimum Gasteiger partial charge on any atom is -0.481 e.